The van der Waals surface area contributed by atoms with Crippen molar-refractivity contribution in [1.82, 2.24) is 19.4 Å². The summed E-state index contributed by atoms with van der Waals surface area (Å²) in [6.07, 6.45) is 6.01. The van der Waals surface area contributed by atoms with Gasteiger partial charge in [-0.15, -0.1) is 11.3 Å². The number of amides is 1. The SMILES string of the molecule is CSc1nc2c(s1)c(=O)n(-c1ccc(C)cc1)c(=O)n2CC(=O)NC1CCCC1. The first-order valence-electron chi connectivity index (χ1n) is 9.54. The Bertz CT molecular complexity index is 1170. The number of carbonyl (C=O) groups is 1. The first kappa shape index (κ1) is 19.9. The predicted molar refractivity (Wildman–Crippen MR) is 116 cm³/mol. The molecule has 4 rings (SSSR count). The minimum atomic E-state index is -0.550. The standard InChI is InChI=1S/C20H22N4O3S2/c1-12-7-9-14(10-8-12)24-18(26)16-17(22-19(28-2)29-16)23(20(24)27)11-15(25)21-13-5-3-4-6-13/h7-10,13H,3-6,11H2,1-2H3,(H,21,25). The zero-order valence-electron chi connectivity index (χ0n) is 16.3. The molecule has 1 aliphatic carbocycles. The van der Waals surface area contributed by atoms with Gasteiger partial charge in [0.1, 0.15) is 11.2 Å². The minimum absolute atomic E-state index is 0.157. The summed E-state index contributed by atoms with van der Waals surface area (Å²) in [7, 11) is 0. The summed E-state index contributed by atoms with van der Waals surface area (Å²) in [6, 6.07) is 7.34. The number of carbonyl (C=O) groups excluding carboxylic acids is 1. The second-order valence-corrected chi connectivity index (χ2v) is 9.28. The average molecular weight is 431 g/mol. The molecule has 1 aromatic carbocycles. The van der Waals surface area contributed by atoms with E-state index >= 15 is 0 Å². The zero-order chi connectivity index (χ0) is 20.5. The third-order valence-electron chi connectivity index (χ3n) is 5.15. The third kappa shape index (κ3) is 3.89. The molecule has 2 heterocycles. The number of thioether (sulfide) groups is 1. The number of hydrogen-bond acceptors (Lipinski definition) is 6. The molecular formula is C20H22N4O3S2. The lowest BCUT2D eigenvalue weighted by Crippen LogP contribution is -2.43. The van der Waals surface area contributed by atoms with Crippen molar-refractivity contribution < 1.29 is 4.79 Å². The van der Waals surface area contributed by atoms with E-state index in [-0.39, 0.29) is 24.1 Å². The molecular weight excluding hydrogens is 408 g/mol. The van der Waals surface area contributed by atoms with Crippen LogP contribution >= 0.6 is 23.1 Å². The lowest BCUT2D eigenvalue weighted by atomic mass is 10.2. The Labute approximate surface area is 175 Å². The van der Waals surface area contributed by atoms with E-state index < -0.39 is 11.2 Å². The van der Waals surface area contributed by atoms with E-state index in [1.54, 1.807) is 12.1 Å². The van der Waals surface area contributed by atoms with Gasteiger partial charge in [-0.3, -0.25) is 14.2 Å². The van der Waals surface area contributed by atoms with Gasteiger partial charge in [-0.1, -0.05) is 42.3 Å². The van der Waals surface area contributed by atoms with Gasteiger partial charge in [-0.05, 0) is 38.2 Å². The molecule has 3 aromatic rings. The van der Waals surface area contributed by atoms with Crippen LogP contribution in [-0.2, 0) is 11.3 Å². The first-order chi connectivity index (χ1) is 14.0. The van der Waals surface area contributed by atoms with Gasteiger partial charge in [-0.2, -0.15) is 0 Å². The van der Waals surface area contributed by atoms with Crippen LogP contribution in [0.3, 0.4) is 0 Å². The first-order valence-corrected chi connectivity index (χ1v) is 11.6. The van der Waals surface area contributed by atoms with Crippen LogP contribution in [0.15, 0.2) is 38.2 Å². The Kier molecular flexibility index (Phi) is 5.60. The molecule has 0 bridgehead atoms. The smallest absolute Gasteiger partial charge is 0.337 e. The lowest BCUT2D eigenvalue weighted by molar-refractivity contribution is -0.122. The Balaban J connectivity index is 1.84. The van der Waals surface area contributed by atoms with Crippen molar-refractivity contribution in [2.75, 3.05) is 6.26 Å². The average Bonchev–Trinajstić information content (AvgIpc) is 3.36. The van der Waals surface area contributed by atoms with Crippen LogP contribution in [0.5, 0.6) is 0 Å². The maximum Gasteiger partial charge on any atom is 0.337 e. The van der Waals surface area contributed by atoms with E-state index in [1.165, 1.54) is 27.7 Å². The van der Waals surface area contributed by atoms with Crippen molar-refractivity contribution >= 4 is 39.4 Å². The van der Waals surface area contributed by atoms with Crippen molar-refractivity contribution in [3.8, 4) is 5.69 Å². The monoisotopic (exact) mass is 430 g/mol. The zero-order valence-corrected chi connectivity index (χ0v) is 17.9. The number of fused-ring (bicyclic) bond motifs is 1. The fraction of sp³-hybridized carbons (Fsp3) is 0.400. The molecule has 7 nitrogen and oxygen atoms in total. The van der Waals surface area contributed by atoms with Crippen LogP contribution in [0.25, 0.3) is 16.0 Å². The maximum absolute atomic E-state index is 13.3. The molecule has 0 radical (unpaired) electrons. The molecule has 2 aromatic heterocycles. The number of benzene rings is 1. The van der Waals surface area contributed by atoms with Crippen molar-refractivity contribution in [1.29, 1.82) is 0 Å². The molecule has 1 amide bonds. The van der Waals surface area contributed by atoms with E-state index in [9.17, 15) is 14.4 Å². The van der Waals surface area contributed by atoms with E-state index in [2.05, 4.69) is 10.3 Å². The van der Waals surface area contributed by atoms with E-state index in [0.29, 0.717) is 14.7 Å². The minimum Gasteiger partial charge on any atom is -0.352 e. The van der Waals surface area contributed by atoms with Crippen molar-refractivity contribution in [2.45, 2.75) is 49.5 Å². The van der Waals surface area contributed by atoms with Crippen LogP contribution in [0.1, 0.15) is 31.2 Å². The second-order valence-electron chi connectivity index (χ2n) is 7.23. The number of thiazole rings is 1. The maximum atomic E-state index is 13.3. The Hall–Kier alpha value is -2.39. The molecule has 152 valence electrons. The molecule has 9 heteroatoms. The van der Waals surface area contributed by atoms with Gasteiger partial charge in [0.25, 0.3) is 5.56 Å². The number of nitrogens with zero attached hydrogens (tertiary/aromatic N) is 3. The highest BCUT2D eigenvalue weighted by molar-refractivity contribution is 8.00. The fourth-order valence-corrected chi connectivity index (χ4v) is 5.15. The van der Waals surface area contributed by atoms with Crippen LogP contribution in [0, 0.1) is 6.92 Å². The normalized spacial score (nSPS) is 14.6. The molecule has 0 atom stereocenters. The molecule has 0 aliphatic heterocycles. The van der Waals surface area contributed by atoms with Gasteiger partial charge >= 0.3 is 5.69 Å². The number of rotatable bonds is 5. The molecule has 0 unspecified atom stereocenters. The van der Waals surface area contributed by atoms with Gasteiger partial charge < -0.3 is 5.32 Å². The van der Waals surface area contributed by atoms with Crippen LogP contribution < -0.4 is 16.6 Å². The number of aromatic nitrogens is 3. The van der Waals surface area contributed by atoms with Crippen LogP contribution in [-0.4, -0.2) is 32.3 Å². The summed E-state index contributed by atoms with van der Waals surface area (Å²) >= 11 is 2.66. The molecule has 0 spiro atoms. The van der Waals surface area contributed by atoms with Gasteiger partial charge in [0, 0.05) is 6.04 Å². The molecule has 29 heavy (non-hydrogen) atoms. The Morgan fingerprint density at radius 2 is 1.93 bits per heavy atom. The highest BCUT2D eigenvalue weighted by Crippen LogP contribution is 2.25. The van der Waals surface area contributed by atoms with Gasteiger partial charge in [0.15, 0.2) is 9.99 Å². The molecule has 0 saturated heterocycles. The molecule has 1 N–H and O–H groups in total. The van der Waals surface area contributed by atoms with E-state index in [4.69, 9.17) is 0 Å². The largest absolute Gasteiger partial charge is 0.352 e. The Morgan fingerprint density at radius 1 is 1.24 bits per heavy atom. The fourth-order valence-electron chi connectivity index (χ4n) is 3.65. The molecule has 1 fully saturated rings. The van der Waals surface area contributed by atoms with Gasteiger partial charge in [0.05, 0.1) is 5.69 Å². The third-order valence-corrected chi connectivity index (χ3v) is 7.17. The second kappa shape index (κ2) is 8.16. The summed E-state index contributed by atoms with van der Waals surface area (Å²) in [5.74, 6) is -0.229. The summed E-state index contributed by atoms with van der Waals surface area (Å²) in [6.45, 7) is 1.78. The van der Waals surface area contributed by atoms with Crippen molar-refractivity contribution in [3.63, 3.8) is 0 Å². The highest BCUT2D eigenvalue weighted by Gasteiger charge is 2.22. The number of nitrogens with one attached hydrogen (secondary N) is 1. The van der Waals surface area contributed by atoms with Crippen LogP contribution in [0.2, 0.25) is 0 Å². The van der Waals surface area contributed by atoms with Crippen molar-refractivity contribution in [3.05, 3.63) is 50.7 Å². The number of hydrogen-bond donors (Lipinski definition) is 1. The lowest BCUT2D eigenvalue weighted by Gasteiger charge is -2.14. The quantitative estimate of drug-likeness (QED) is 0.629. The molecule has 1 aliphatic rings. The summed E-state index contributed by atoms with van der Waals surface area (Å²) in [5, 5.41) is 3.01. The van der Waals surface area contributed by atoms with Crippen LogP contribution in [0.4, 0.5) is 0 Å². The summed E-state index contributed by atoms with van der Waals surface area (Å²) in [4.78, 5) is 43.4. The topological polar surface area (TPSA) is 86.0 Å². The molecule has 1 saturated carbocycles. The highest BCUT2D eigenvalue weighted by atomic mass is 32.2. The van der Waals surface area contributed by atoms with Crippen molar-refractivity contribution in [2.24, 2.45) is 0 Å². The van der Waals surface area contributed by atoms with E-state index in [0.717, 1.165) is 35.8 Å². The predicted octanol–water partition coefficient (Wildman–Crippen LogP) is 2.70. The van der Waals surface area contributed by atoms with E-state index in [1.807, 2.05) is 25.3 Å². The summed E-state index contributed by atoms with van der Waals surface area (Å²) < 4.78 is 3.51. The Morgan fingerprint density at radius 3 is 2.59 bits per heavy atom. The number of aryl methyl sites for hydroxylation is 1. The van der Waals surface area contributed by atoms with Gasteiger partial charge in [0.2, 0.25) is 5.91 Å². The van der Waals surface area contributed by atoms with Gasteiger partial charge in [-0.25, -0.2) is 14.3 Å². The summed E-state index contributed by atoms with van der Waals surface area (Å²) in [5.41, 5.74) is 0.836.